The Labute approximate surface area is 185 Å². The molecule has 2 heterocycles. The number of methoxy groups -OCH3 is 1. The first kappa shape index (κ1) is 20.1. The highest BCUT2D eigenvalue weighted by Gasteiger charge is 2.36. The molecule has 1 atom stereocenters. The maximum absolute atomic E-state index is 15.0. The molecule has 162 valence electrons. The lowest BCUT2D eigenvalue weighted by Crippen LogP contribution is -2.43. The van der Waals surface area contributed by atoms with Gasteiger partial charge < -0.3 is 19.9 Å². The maximum Gasteiger partial charge on any atom is 0.322 e. The lowest BCUT2D eigenvalue weighted by molar-refractivity contribution is 0.191. The third-order valence-corrected chi connectivity index (χ3v) is 6.09. The molecule has 32 heavy (non-hydrogen) atoms. The number of carbonyl (C=O) groups is 1. The highest BCUT2D eigenvalue weighted by Crippen LogP contribution is 2.39. The molecule has 1 aliphatic rings. The number of benzene rings is 3. The van der Waals surface area contributed by atoms with Crippen LogP contribution >= 0.6 is 0 Å². The fourth-order valence-corrected chi connectivity index (χ4v) is 4.59. The number of fused-ring (bicyclic) bond motifs is 3. The fraction of sp³-hybridized carbons (Fsp3) is 0.192. The Morgan fingerprint density at radius 3 is 2.72 bits per heavy atom. The second-order valence-corrected chi connectivity index (χ2v) is 8.06. The summed E-state index contributed by atoms with van der Waals surface area (Å²) in [5, 5.41) is 4.10. The highest BCUT2D eigenvalue weighted by atomic mass is 19.1. The Morgan fingerprint density at radius 2 is 1.91 bits per heavy atom. The van der Waals surface area contributed by atoms with Gasteiger partial charge in [0.15, 0.2) is 0 Å². The second kappa shape index (κ2) is 8.04. The number of nitrogens with one attached hydrogen (secondary N) is 2. The lowest BCUT2D eigenvalue weighted by Gasteiger charge is -2.36. The van der Waals surface area contributed by atoms with Crippen molar-refractivity contribution < 1.29 is 13.9 Å². The Kier molecular flexibility index (Phi) is 5.05. The smallest absolute Gasteiger partial charge is 0.322 e. The van der Waals surface area contributed by atoms with Gasteiger partial charge in [0.05, 0.1) is 12.8 Å². The summed E-state index contributed by atoms with van der Waals surface area (Å²) in [6.45, 7) is 2.42. The molecule has 1 aliphatic heterocycles. The van der Waals surface area contributed by atoms with Gasteiger partial charge in [0, 0.05) is 28.7 Å². The number of aromatic nitrogens is 1. The van der Waals surface area contributed by atoms with Crippen molar-refractivity contribution in [3.8, 4) is 5.75 Å². The summed E-state index contributed by atoms with van der Waals surface area (Å²) < 4.78 is 20.4. The summed E-state index contributed by atoms with van der Waals surface area (Å²) in [5.74, 6) is 0.240. The Morgan fingerprint density at radius 1 is 1.12 bits per heavy atom. The number of amides is 2. The Bertz CT molecular complexity index is 1310. The molecule has 0 spiro atoms. The SMILES string of the molecule is COc1ccc(C)cc1NC(=O)N1CCc2c([nH]c3ccccc23)C1c1ccccc1F. The fourth-order valence-electron chi connectivity index (χ4n) is 4.59. The number of urea groups is 1. The molecule has 5 nitrogen and oxygen atoms in total. The van der Waals surface area contributed by atoms with Crippen molar-refractivity contribution in [1.29, 1.82) is 0 Å². The zero-order valence-electron chi connectivity index (χ0n) is 18.0. The van der Waals surface area contributed by atoms with Gasteiger partial charge in [-0.2, -0.15) is 0 Å². The Balaban J connectivity index is 1.59. The minimum absolute atomic E-state index is 0.300. The van der Waals surface area contributed by atoms with Gasteiger partial charge in [-0.15, -0.1) is 0 Å². The first-order valence-corrected chi connectivity index (χ1v) is 10.6. The predicted molar refractivity (Wildman–Crippen MR) is 124 cm³/mol. The van der Waals surface area contributed by atoms with Crippen LogP contribution in [-0.2, 0) is 6.42 Å². The van der Waals surface area contributed by atoms with Crippen molar-refractivity contribution in [3.63, 3.8) is 0 Å². The number of aryl methyl sites for hydroxylation is 1. The van der Waals surface area contributed by atoms with E-state index in [1.54, 1.807) is 30.2 Å². The van der Waals surface area contributed by atoms with E-state index >= 15 is 0 Å². The maximum atomic E-state index is 15.0. The molecular weight excluding hydrogens is 405 g/mol. The molecule has 3 aromatic carbocycles. The van der Waals surface area contributed by atoms with Gasteiger partial charge >= 0.3 is 6.03 Å². The molecule has 0 radical (unpaired) electrons. The zero-order chi connectivity index (χ0) is 22.2. The van der Waals surface area contributed by atoms with Gasteiger partial charge in [0.1, 0.15) is 17.6 Å². The van der Waals surface area contributed by atoms with Gasteiger partial charge in [-0.25, -0.2) is 9.18 Å². The number of H-pyrrole nitrogens is 1. The molecule has 0 saturated heterocycles. The highest BCUT2D eigenvalue weighted by molar-refractivity contribution is 5.93. The normalized spacial score (nSPS) is 15.5. The number of carbonyl (C=O) groups excluding carboxylic acids is 1. The summed E-state index contributed by atoms with van der Waals surface area (Å²) >= 11 is 0. The van der Waals surface area contributed by atoms with Crippen LogP contribution in [0.25, 0.3) is 10.9 Å². The van der Waals surface area contributed by atoms with Crippen LogP contribution in [0.4, 0.5) is 14.9 Å². The van der Waals surface area contributed by atoms with E-state index in [-0.39, 0.29) is 11.8 Å². The van der Waals surface area contributed by atoms with Crippen LogP contribution in [0.5, 0.6) is 5.75 Å². The number of para-hydroxylation sites is 1. The summed E-state index contributed by atoms with van der Waals surface area (Å²) in [4.78, 5) is 18.6. The van der Waals surface area contributed by atoms with Crippen LogP contribution in [0.2, 0.25) is 0 Å². The van der Waals surface area contributed by atoms with Gasteiger partial charge in [-0.3, -0.25) is 0 Å². The molecular formula is C26H24FN3O2. The third kappa shape index (κ3) is 3.38. The minimum Gasteiger partial charge on any atom is -0.495 e. The lowest BCUT2D eigenvalue weighted by atomic mass is 9.92. The second-order valence-electron chi connectivity index (χ2n) is 8.06. The molecule has 1 aromatic heterocycles. The van der Waals surface area contributed by atoms with E-state index in [1.165, 1.54) is 6.07 Å². The topological polar surface area (TPSA) is 57.4 Å². The first-order valence-electron chi connectivity index (χ1n) is 10.6. The van der Waals surface area contributed by atoms with Crippen LogP contribution in [-0.4, -0.2) is 29.6 Å². The molecule has 5 rings (SSSR count). The van der Waals surface area contributed by atoms with E-state index in [0.29, 0.717) is 30.0 Å². The largest absolute Gasteiger partial charge is 0.495 e. The van der Waals surface area contributed by atoms with E-state index in [9.17, 15) is 9.18 Å². The van der Waals surface area contributed by atoms with Crippen molar-refractivity contribution >= 4 is 22.6 Å². The average molecular weight is 429 g/mol. The van der Waals surface area contributed by atoms with Crippen molar-refractivity contribution in [2.75, 3.05) is 19.0 Å². The number of ether oxygens (including phenoxy) is 1. The van der Waals surface area contributed by atoms with E-state index in [2.05, 4.69) is 16.4 Å². The predicted octanol–water partition coefficient (Wildman–Crippen LogP) is 5.80. The Hall–Kier alpha value is -3.80. The van der Waals surface area contributed by atoms with E-state index in [0.717, 1.165) is 27.7 Å². The van der Waals surface area contributed by atoms with Crippen molar-refractivity contribution in [2.24, 2.45) is 0 Å². The van der Waals surface area contributed by atoms with E-state index in [1.807, 2.05) is 43.3 Å². The summed E-state index contributed by atoms with van der Waals surface area (Å²) in [7, 11) is 1.57. The molecule has 0 saturated carbocycles. The molecule has 2 N–H and O–H groups in total. The van der Waals surface area contributed by atoms with Gasteiger partial charge in [-0.1, -0.05) is 42.5 Å². The molecule has 4 aromatic rings. The quantitative estimate of drug-likeness (QED) is 0.432. The number of hydrogen-bond donors (Lipinski definition) is 2. The van der Waals surface area contributed by atoms with Crippen molar-refractivity contribution in [1.82, 2.24) is 9.88 Å². The van der Waals surface area contributed by atoms with Gasteiger partial charge in [0.25, 0.3) is 0 Å². The van der Waals surface area contributed by atoms with Crippen LogP contribution in [0.3, 0.4) is 0 Å². The number of rotatable bonds is 3. The summed E-state index contributed by atoms with van der Waals surface area (Å²) in [6, 6.07) is 19.4. The number of hydrogen-bond acceptors (Lipinski definition) is 2. The third-order valence-electron chi connectivity index (χ3n) is 6.09. The molecule has 0 bridgehead atoms. The average Bonchev–Trinajstić information content (AvgIpc) is 3.18. The minimum atomic E-state index is -0.567. The molecule has 6 heteroatoms. The zero-order valence-corrected chi connectivity index (χ0v) is 18.0. The molecule has 1 unspecified atom stereocenters. The summed E-state index contributed by atoms with van der Waals surface area (Å²) in [5.41, 5.74) is 5.03. The number of aromatic amines is 1. The van der Waals surface area contributed by atoms with E-state index < -0.39 is 6.04 Å². The number of halogens is 1. The summed E-state index contributed by atoms with van der Waals surface area (Å²) in [6.07, 6.45) is 0.683. The van der Waals surface area contributed by atoms with Crippen LogP contribution in [0.15, 0.2) is 66.7 Å². The number of anilines is 1. The van der Waals surface area contributed by atoms with Gasteiger partial charge in [-0.05, 0) is 48.7 Å². The molecule has 0 fully saturated rings. The standard InChI is InChI=1S/C26H24FN3O2/c1-16-11-12-23(32-2)22(15-16)29-26(31)30-14-13-18-17-7-4-6-10-21(17)28-24(18)25(30)19-8-3-5-9-20(19)27/h3-12,15,25,28H,13-14H2,1-2H3,(H,29,31). The van der Waals surface area contributed by atoms with Crippen LogP contribution < -0.4 is 10.1 Å². The van der Waals surface area contributed by atoms with Crippen LogP contribution in [0, 0.1) is 12.7 Å². The van der Waals surface area contributed by atoms with Gasteiger partial charge in [0.2, 0.25) is 0 Å². The molecule has 0 aliphatic carbocycles. The van der Waals surface area contributed by atoms with Crippen LogP contribution in [0.1, 0.15) is 28.4 Å². The molecule has 2 amide bonds. The van der Waals surface area contributed by atoms with Crippen molar-refractivity contribution in [3.05, 3.63) is 94.9 Å². The van der Waals surface area contributed by atoms with Crippen molar-refractivity contribution in [2.45, 2.75) is 19.4 Å². The monoisotopic (exact) mass is 429 g/mol. The number of nitrogens with zero attached hydrogens (tertiary/aromatic N) is 1. The van der Waals surface area contributed by atoms with E-state index in [4.69, 9.17) is 4.74 Å². The first-order chi connectivity index (χ1) is 15.6.